The zero-order chi connectivity index (χ0) is 16.8. The van der Waals surface area contributed by atoms with Gasteiger partial charge in [-0.3, -0.25) is 0 Å². The van der Waals surface area contributed by atoms with Crippen molar-refractivity contribution in [2.24, 2.45) is 0 Å². The van der Waals surface area contributed by atoms with Crippen molar-refractivity contribution in [3.8, 4) is 0 Å². The molecule has 0 bridgehead atoms. The van der Waals surface area contributed by atoms with Crippen LogP contribution >= 0.6 is 0 Å². The van der Waals surface area contributed by atoms with Gasteiger partial charge in [-0.25, -0.2) is 4.39 Å². The van der Waals surface area contributed by atoms with E-state index in [4.69, 9.17) is 9.31 Å². The minimum Gasteiger partial charge on any atom is -0.403 e. The summed E-state index contributed by atoms with van der Waals surface area (Å²) >= 11 is 0. The SMILES string of the molecule is CC1(C)OB(C(Cc2ccc(F)cc2)[Si](C)(C)C)OC1(C)C. The van der Waals surface area contributed by atoms with Gasteiger partial charge in [0.25, 0.3) is 0 Å². The van der Waals surface area contributed by atoms with Crippen LogP contribution in [0.5, 0.6) is 0 Å². The number of halogens is 1. The van der Waals surface area contributed by atoms with E-state index in [2.05, 4.69) is 47.3 Å². The molecule has 1 saturated heterocycles. The van der Waals surface area contributed by atoms with Gasteiger partial charge in [0.1, 0.15) is 5.82 Å². The largest absolute Gasteiger partial charge is 0.458 e. The molecular formula is C17H28BFO2Si. The van der Waals surface area contributed by atoms with Crippen LogP contribution in [0.25, 0.3) is 0 Å². The summed E-state index contributed by atoms with van der Waals surface area (Å²) in [7, 11) is -1.71. The fraction of sp³-hybridized carbons (Fsp3) is 0.647. The minimum absolute atomic E-state index is 0.191. The topological polar surface area (TPSA) is 18.5 Å². The lowest BCUT2D eigenvalue weighted by molar-refractivity contribution is 0.00578. The molecular weight excluding hydrogens is 294 g/mol. The van der Waals surface area contributed by atoms with Crippen molar-refractivity contribution < 1.29 is 13.7 Å². The lowest BCUT2D eigenvalue weighted by Gasteiger charge is -2.32. The highest BCUT2D eigenvalue weighted by atomic mass is 28.3. The number of hydrogen-bond acceptors (Lipinski definition) is 2. The van der Waals surface area contributed by atoms with Crippen molar-refractivity contribution in [2.45, 2.75) is 70.4 Å². The Kier molecular flexibility index (Phi) is 4.64. The van der Waals surface area contributed by atoms with Gasteiger partial charge in [-0.1, -0.05) is 31.8 Å². The molecule has 1 aliphatic rings. The summed E-state index contributed by atoms with van der Waals surface area (Å²) in [6, 6.07) is 6.79. The average molecular weight is 322 g/mol. The van der Waals surface area contributed by atoms with Gasteiger partial charge in [0.05, 0.1) is 11.2 Å². The number of hydrogen-bond donors (Lipinski definition) is 0. The summed E-state index contributed by atoms with van der Waals surface area (Å²) in [5.74, 6) is -0.191. The molecule has 2 nitrogen and oxygen atoms in total. The molecule has 1 atom stereocenters. The normalized spacial score (nSPS) is 21.9. The summed E-state index contributed by atoms with van der Waals surface area (Å²) in [6.45, 7) is 15.4. The third-order valence-corrected chi connectivity index (χ3v) is 7.78. The highest BCUT2D eigenvalue weighted by molar-refractivity contribution is 6.87. The van der Waals surface area contributed by atoms with Gasteiger partial charge in [0.2, 0.25) is 0 Å². The van der Waals surface area contributed by atoms with E-state index in [1.54, 1.807) is 0 Å². The zero-order valence-corrected chi connectivity index (χ0v) is 15.9. The first kappa shape index (κ1) is 17.7. The summed E-state index contributed by atoms with van der Waals surface area (Å²) < 4.78 is 25.7. The standard InChI is InChI=1S/C17H28BFO2Si/c1-16(2)17(3,4)21-18(20-16)15(22(5,6)7)12-13-8-10-14(19)11-9-13/h8-11,15H,12H2,1-7H3. The second-order valence-electron chi connectivity index (χ2n) is 8.43. The maximum atomic E-state index is 13.1. The Morgan fingerprint density at radius 3 is 1.86 bits per heavy atom. The van der Waals surface area contributed by atoms with Gasteiger partial charge in [0, 0.05) is 8.07 Å². The summed E-state index contributed by atoms with van der Waals surface area (Å²) in [5, 5.41) is 0. The smallest absolute Gasteiger partial charge is 0.403 e. The Balaban J connectivity index is 2.23. The quantitative estimate of drug-likeness (QED) is 0.748. The van der Waals surface area contributed by atoms with Crippen LogP contribution in [0.1, 0.15) is 33.3 Å². The monoisotopic (exact) mass is 322 g/mol. The highest BCUT2D eigenvalue weighted by Gasteiger charge is 2.55. The molecule has 2 rings (SSSR count). The zero-order valence-electron chi connectivity index (χ0n) is 14.9. The van der Waals surface area contributed by atoms with E-state index >= 15 is 0 Å². The van der Waals surface area contributed by atoms with Crippen LogP contribution in [0.4, 0.5) is 4.39 Å². The lowest BCUT2D eigenvalue weighted by atomic mass is 9.80. The van der Waals surface area contributed by atoms with Crippen molar-refractivity contribution in [2.75, 3.05) is 0 Å². The van der Waals surface area contributed by atoms with E-state index in [0.29, 0.717) is 5.44 Å². The second kappa shape index (κ2) is 5.77. The molecule has 0 radical (unpaired) electrons. The molecule has 1 unspecified atom stereocenters. The molecule has 0 aromatic heterocycles. The molecule has 1 fully saturated rings. The maximum absolute atomic E-state index is 13.1. The van der Waals surface area contributed by atoms with Crippen molar-refractivity contribution >= 4 is 15.2 Å². The van der Waals surface area contributed by atoms with Crippen LogP contribution in [0.15, 0.2) is 24.3 Å². The van der Waals surface area contributed by atoms with Crippen LogP contribution in [-0.2, 0) is 15.7 Å². The van der Waals surface area contributed by atoms with Crippen molar-refractivity contribution in [3.05, 3.63) is 35.6 Å². The first-order valence-electron chi connectivity index (χ1n) is 8.02. The molecule has 1 aromatic rings. The first-order chi connectivity index (χ1) is 9.92. The van der Waals surface area contributed by atoms with E-state index in [1.165, 1.54) is 12.1 Å². The van der Waals surface area contributed by atoms with E-state index in [0.717, 1.165) is 12.0 Å². The van der Waals surface area contributed by atoms with Gasteiger partial charge < -0.3 is 9.31 Å². The Morgan fingerprint density at radius 1 is 1.00 bits per heavy atom. The predicted octanol–water partition coefficient (Wildman–Crippen LogP) is 4.71. The van der Waals surface area contributed by atoms with E-state index < -0.39 is 8.07 Å². The third-order valence-electron chi connectivity index (χ3n) is 5.08. The summed E-state index contributed by atoms with van der Waals surface area (Å²) in [4.78, 5) is 0. The number of rotatable bonds is 4. The van der Waals surface area contributed by atoms with Gasteiger partial charge in [-0.05, 0) is 57.3 Å². The molecule has 5 heteroatoms. The fourth-order valence-corrected chi connectivity index (χ4v) is 4.54. The summed E-state index contributed by atoms with van der Waals surface area (Å²) in [6.07, 6.45) is 0.868. The van der Waals surface area contributed by atoms with Crippen molar-refractivity contribution in [1.29, 1.82) is 0 Å². The Hall–Kier alpha value is -0.648. The second-order valence-corrected chi connectivity index (χ2v) is 13.9. The first-order valence-corrected chi connectivity index (χ1v) is 11.6. The fourth-order valence-electron chi connectivity index (χ4n) is 2.74. The number of benzene rings is 1. The van der Waals surface area contributed by atoms with Crippen LogP contribution in [0, 0.1) is 5.82 Å². The molecule has 1 aliphatic heterocycles. The van der Waals surface area contributed by atoms with Crippen molar-refractivity contribution in [3.63, 3.8) is 0 Å². The van der Waals surface area contributed by atoms with Gasteiger partial charge >= 0.3 is 7.12 Å². The van der Waals surface area contributed by atoms with E-state index in [-0.39, 0.29) is 24.1 Å². The molecule has 1 heterocycles. The molecule has 0 aliphatic carbocycles. The van der Waals surface area contributed by atoms with Crippen LogP contribution in [-0.4, -0.2) is 26.4 Å². The predicted molar refractivity (Wildman–Crippen MR) is 93.3 cm³/mol. The Bertz CT molecular complexity index is 506. The molecule has 122 valence electrons. The van der Waals surface area contributed by atoms with Crippen LogP contribution in [0.3, 0.4) is 0 Å². The van der Waals surface area contributed by atoms with Gasteiger partial charge in [0.15, 0.2) is 0 Å². The highest BCUT2D eigenvalue weighted by Crippen LogP contribution is 2.43. The minimum atomic E-state index is -1.52. The van der Waals surface area contributed by atoms with Gasteiger partial charge in [-0.15, -0.1) is 0 Å². The molecule has 22 heavy (non-hydrogen) atoms. The lowest BCUT2D eigenvalue weighted by Crippen LogP contribution is -2.42. The molecule has 0 N–H and O–H groups in total. The van der Waals surface area contributed by atoms with Crippen molar-refractivity contribution in [1.82, 2.24) is 0 Å². The van der Waals surface area contributed by atoms with Crippen LogP contribution < -0.4 is 0 Å². The molecule has 0 saturated carbocycles. The van der Waals surface area contributed by atoms with Gasteiger partial charge in [-0.2, -0.15) is 0 Å². The third kappa shape index (κ3) is 3.63. The molecule has 0 spiro atoms. The average Bonchev–Trinajstić information content (AvgIpc) is 2.55. The van der Waals surface area contributed by atoms with E-state index in [1.807, 2.05) is 12.1 Å². The van der Waals surface area contributed by atoms with E-state index in [9.17, 15) is 4.39 Å². The molecule has 0 amide bonds. The summed E-state index contributed by atoms with van der Waals surface area (Å²) in [5.41, 5.74) is 0.860. The Labute approximate surface area is 135 Å². The maximum Gasteiger partial charge on any atom is 0.458 e. The van der Waals surface area contributed by atoms with Crippen LogP contribution in [0.2, 0.25) is 25.1 Å². The Morgan fingerprint density at radius 2 is 1.45 bits per heavy atom. The molecule has 1 aromatic carbocycles.